The van der Waals surface area contributed by atoms with E-state index in [9.17, 15) is 9.18 Å². The van der Waals surface area contributed by atoms with E-state index < -0.39 is 0 Å². The molecule has 1 heterocycles. The Balaban J connectivity index is 1.39. The minimum Gasteiger partial charge on any atom is -0.352 e. The first-order chi connectivity index (χ1) is 13.5. The molecule has 1 aliphatic rings. The third kappa shape index (κ3) is 3.70. The molecule has 1 N–H and O–H groups in total. The number of aryl methyl sites for hydroxylation is 1. The Labute approximate surface area is 164 Å². The zero-order valence-electron chi connectivity index (χ0n) is 16.2. The number of hydrogen-bond acceptors (Lipinski definition) is 2. The molecular weight excluding hydrogens is 353 g/mol. The van der Waals surface area contributed by atoms with Gasteiger partial charge >= 0.3 is 0 Å². The maximum Gasteiger partial charge on any atom is 0.224 e. The summed E-state index contributed by atoms with van der Waals surface area (Å²) in [5.74, 6) is -0.388. The van der Waals surface area contributed by atoms with Crippen molar-refractivity contribution in [1.29, 1.82) is 0 Å². The van der Waals surface area contributed by atoms with Crippen molar-refractivity contribution in [1.82, 2.24) is 15.1 Å². The topological polar surface area (TPSA) is 46.9 Å². The summed E-state index contributed by atoms with van der Waals surface area (Å²) < 4.78 is 15.9. The number of carbonyl (C=O) groups excluding carboxylic acids is 1. The average molecular weight is 377 g/mol. The van der Waals surface area contributed by atoms with Crippen LogP contribution in [0.25, 0.3) is 0 Å². The predicted molar refractivity (Wildman–Crippen MR) is 106 cm³/mol. The van der Waals surface area contributed by atoms with Crippen molar-refractivity contribution in [3.05, 3.63) is 88.5 Å². The molecule has 1 fully saturated rings. The summed E-state index contributed by atoms with van der Waals surface area (Å²) in [6.45, 7) is 5.16. The van der Waals surface area contributed by atoms with E-state index >= 15 is 0 Å². The van der Waals surface area contributed by atoms with Crippen molar-refractivity contribution >= 4 is 5.91 Å². The van der Waals surface area contributed by atoms with Gasteiger partial charge in [0.15, 0.2) is 0 Å². The summed E-state index contributed by atoms with van der Waals surface area (Å²) >= 11 is 0. The molecule has 1 aromatic heterocycles. The van der Waals surface area contributed by atoms with Gasteiger partial charge in [-0.3, -0.25) is 9.48 Å². The van der Waals surface area contributed by atoms with Crippen LogP contribution in [0.3, 0.4) is 0 Å². The zero-order valence-corrected chi connectivity index (χ0v) is 16.2. The van der Waals surface area contributed by atoms with Gasteiger partial charge in [0.2, 0.25) is 5.91 Å². The van der Waals surface area contributed by atoms with Crippen molar-refractivity contribution in [3.8, 4) is 0 Å². The number of hydrogen-bond donors (Lipinski definition) is 1. The van der Waals surface area contributed by atoms with Crippen molar-refractivity contribution < 1.29 is 9.18 Å². The molecular formula is C23H24FN3O. The molecule has 2 aromatic carbocycles. The van der Waals surface area contributed by atoms with Crippen LogP contribution in [0.2, 0.25) is 0 Å². The molecule has 2 atom stereocenters. The largest absolute Gasteiger partial charge is 0.352 e. The lowest BCUT2D eigenvalue weighted by atomic mass is 10.1. The minimum absolute atomic E-state index is 0.0100. The summed E-state index contributed by atoms with van der Waals surface area (Å²) in [6, 6.07) is 16.9. The maximum absolute atomic E-state index is 13.9. The quantitative estimate of drug-likeness (QED) is 0.703. The van der Waals surface area contributed by atoms with Crippen LogP contribution >= 0.6 is 0 Å². The Bertz CT molecular complexity index is 996. The Kier molecular flexibility index (Phi) is 4.99. The smallest absolute Gasteiger partial charge is 0.224 e. The van der Waals surface area contributed by atoms with E-state index in [0.29, 0.717) is 25.1 Å². The van der Waals surface area contributed by atoms with Crippen LogP contribution in [-0.2, 0) is 17.9 Å². The normalized spacial score (nSPS) is 18.1. The number of aromatic nitrogens is 2. The molecule has 5 heteroatoms. The molecule has 0 radical (unpaired) electrons. The van der Waals surface area contributed by atoms with Gasteiger partial charge in [0, 0.05) is 23.7 Å². The Hall–Kier alpha value is -2.95. The van der Waals surface area contributed by atoms with E-state index in [4.69, 9.17) is 0 Å². The second-order valence-corrected chi connectivity index (χ2v) is 7.48. The van der Waals surface area contributed by atoms with Crippen molar-refractivity contribution in [2.75, 3.05) is 0 Å². The van der Waals surface area contributed by atoms with Crippen LogP contribution < -0.4 is 5.32 Å². The maximum atomic E-state index is 13.9. The van der Waals surface area contributed by atoms with E-state index in [1.165, 1.54) is 11.6 Å². The molecule has 0 bridgehead atoms. The molecule has 3 aromatic rings. The monoisotopic (exact) mass is 377 g/mol. The van der Waals surface area contributed by atoms with Crippen LogP contribution in [-0.4, -0.2) is 15.7 Å². The van der Waals surface area contributed by atoms with Gasteiger partial charge in [-0.05, 0) is 43.4 Å². The molecule has 4 nitrogen and oxygen atoms in total. The molecule has 0 saturated heterocycles. The number of benzene rings is 2. The van der Waals surface area contributed by atoms with E-state index in [1.54, 1.807) is 12.1 Å². The van der Waals surface area contributed by atoms with Crippen molar-refractivity contribution in [2.45, 2.75) is 39.3 Å². The highest BCUT2D eigenvalue weighted by Gasteiger charge is 2.45. The SMILES string of the molecule is Cc1nn(Cc2ccccc2)c(C)c1CNC(=O)C1CC1c1ccccc1F. The van der Waals surface area contributed by atoms with Crippen LogP contribution in [0.4, 0.5) is 4.39 Å². The predicted octanol–water partition coefficient (Wildman–Crippen LogP) is 4.11. The Morgan fingerprint density at radius 1 is 1.14 bits per heavy atom. The molecule has 144 valence electrons. The molecule has 1 saturated carbocycles. The van der Waals surface area contributed by atoms with E-state index in [2.05, 4.69) is 22.5 Å². The highest BCUT2D eigenvalue weighted by Crippen LogP contribution is 2.48. The third-order valence-electron chi connectivity index (χ3n) is 5.58. The van der Waals surface area contributed by atoms with Gasteiger partial charge < -0.3 is 5.32 Å². The molecule has 1 amide bonds. The summed E-state index contributed by atoms with van der Waals surface area (Å²) in [7, 11) is 0. The summed E-state index contributed by atoms with van der Waals surface area (Å²) in [5.41, 5.74) is 4.87. The fourth-order valence-electron chi connectivity index (χ4n) is 3.81. The van der Waals surface area contributed by atoms with Crippen molar-refractivity contribution in [2.24, 2.45) is 5.92 Å². The first-order valence-corrected chi connectivity index (χ1v) is 9.63. The number of amides is 1. The number of nitrogens with one attached hydrogen (secondary N) is 1. The molecule has 4 rings (SSSR count). The van der Waals surface area contributed by atoms with Crippen LogP contribution in [0.15, 0.2) is 54.6 Å². The number of halogens is 1. The number of rotatable bonds is 6. The third-order valence-corrected chi connectivity index (χ3v) is 5.58. The second-order valence-electron chi connectivity index (χ2n) is 7.48. The van der Waals surface area contributed by atoms with Crippen LogP contribution in [0.5, 0.6) is 0 Å². The van der Waals surface area contributed by atoms with Gasteiger partial charge in [-0.2, -0.15) is 5.10 Å². The van der Waals surface area contributed by atoms with Crippen molar-refractivity contribution in [3.63, 3.8) is 0 Å². The molecule has 28 heavy (non-hydrogen) atoms. The molecule has 1 aliphatic carbocycles. The summed E-state index contributed by atoms with van der Waals surface area (Å²) in [4.78, 5) is 12.5. The minimum atomic E-state index is -0.225. The summed E-state index contributed by atoms with van der Waals surface area (Å²) in [5, 5.41) is 7.66. The second kappa shape index (κ2) is 7.58. The highest BCUT2D eigenvalue weighted by atomic mass is 19.1. The molecule has 0 spiro atoms. The standard InChI is InChI=1S/C23H24FN3O/c1-15-21(16(2)27(26-15)14-17-8-4-3-5-9-17)13-25-23(28)20-12-19(20)18-10-6-7-11-22(18)24/h3-11,19-20H,12-14H2,1-2H3,(H,25,28). The van der Waals surface area contributed by atoms with E-state index in [0.717, 1.165) is 17.0 Å². The first kappa shape index (κ1) is 18.4. The Morgan fingerprint density at radius 2 is 1.86 bits per heavy atom. The number of nitrogens with zero attached hydrogens (tertiary/aromatic N) is 2. The first-order valence-electron chi connectivity index (χ1n) is 9.63. The fourth-order valence-corrected chi connectivity index (χ4v) is 3.81. The van der Waals surface area contributed by atoms with Crippen LogP contribution in [0, 0.1) is 25.6 Å². The van der Waals surface area contributed by atoms with Gasteiger partial charge in [-0.15, -0.1) is 0 Å². The average Bonchev–Trinajstić information content (AvgIpc) is 3.44. The highest BCUT2D eigenvalue weighted by molar-refractivity contribution is 5.82. The van der Waals surface area contributed by atoms with Gasteiger partial charge in [-0.25, -0.2) is 4.39 Å². The van der Waals surface area contributed by atoms with Gasteiger partial charge in [-0.1, -0.05) is 48.5 Å². The van der Waals surface area contributed by atoms with Gasteiger partial charge in [0.1, 0.15) is 5.82 Å². The lowest BCUT2D eigenvalue weighted by molar-refractivity contribution is -0.122. The summed E-state index contributed by atoms with van der Waals surface area (Å²) in [6.07, 6.45) is 0.706. The van der Waals surface area contributed by atoms with E-state index in [-0.39, 0.29) is 23.6 Å². The molecule has 2 unspecified atom stereocenters. The fraction of sp³-hybridized carbons (Fsp3) is 0.304. The van der Waals surface area contributed by atoms with Crippen LogP contribution in [0.1, 0.15) is 40.4 Å². The van der Waals surface area contributed by atoms with Gasteiger partial charge in [0.25, 0.3) is 0 Å². The lowest BCUT2D eigenvalue weighted by Crippen LogP contribution is -2.25. The Morgan fingerprint density at radius 3 is 2.61 bits per heavy atom. The molecule has 0 aliphatic heterocycles. The zero-order chi connectivity index (χ0) is 19.7. The van der Waals surface area contributed by atoms with E-state index in [1.807, 2.05) is 42.8 Å². The number of carbonyl (C=O) groups is 1. The lowest BCUT2D eigenvalue weighted by Gasteiger charge is -2.08. The van der Waals surface area contributed by atoms with Gasteiger partial charge in [0.05, 0.1) is 12.2 Å².